The first kappa shape index (κ1) is 14.8. The molecule has 2 N–H and O–H groups in total. The van der Waals surface area contributed by atoms with E-state index < -0.39 is 11.5 Å². The first-order chi connectivity index (χ1) is 10.1. The van der Waals surface area contributed by atoms with Crippen LogP contribution in [0.2, 0.25) is 0 Å². The molecule has 0 aromatic carbocycles. The van der Waals surface area contributed by atoms with Crippen LogP contribution in [0.25, 0.3) is 0 Å². The summed E-state index contributed by atoms with van der Waals surface area (Å²) in [6.45, 7) is 0. The van der Waals surface area contributed by atoms with E-state index in [2.05, 4.69) is 15.5 Å². The Balaban J connectivity index is 1.60. The van der Waals surface area contributed by atoms with Crippen LogP contribution in [0.3, 0.4) is 0 Å². The van der Waals surface area contributed by atoms with Crippen LogP contribution in [0.4, 0.5) is 0 Å². The van der Waals surface area contributed by atoms with Crippen molar-refractivity contribution in [1.29, 1.82) is 0 Å². The van der Waals surface area contributed by atoms with Crippen molar-refractivity contribution in [3.05, 3.63) is 6.33 Å². The molecule has 21 heavy (non-hydrogen) atoms. The molecule has 116 valence electrons. The molecule has 0 radical (unpaired) electrons. The lowest BCUT2D eigenvalue weighted by Crippen LogP contribution is -2.55. The second-order valence-electron chi connectivity index (χ2n) is 6.15. The van der Waals surface area contributed by atoms with Gasteiger partial charge in [-0.1, -0.05) is 18.2 Å². The van der Waals surface area contributed by atoms with Crippen LogP contribution in [0, 0.1) is 5.92 Å². The Kier molecular flexibility index (Phi) is 4.21. The van der Waals surface area contributed by atoms with E-state index in [-0.39, 0.29) is 5.92 Å². The summed E-state index contributed by atoms with van der Waals surface area (Å²) in [5, 5.41) is 22.0. The Hall–Kier alpha value is -1.08. The number of thioether (sulfide) groups is 1. The normalized spacial score (nSPS) is 28.9. The van der Waals surface area contributed by atoms with E-state index in [1.54, 1.807) is 18.1 Å². The van der Waals surface area contributed by atoms with Crippen molar-refractivity contribution < 1.29 is 9.90 Å². The second-order valence-corrected chi connectivity index (χ2v) is 7.21. The van der Waals surface area contributed by atoms with E-state index in [9.17, 15) is 9.90 Å². The van der Waals surface area contributed by atoms with Gasteiger partial charge in [0.05, 0.1) is 0 Å². The standard InChI is InChI=1S/C14H22N4O2S/c1-18-9-15-17-13(18)21-8-6-10-3-2-7-14(10,12(19)20)16-11-4-5-11/h9-11,16H,2-8H2,1H3,(H,19,20). The summed E-state index contributed by atoms with van der Waals surface area (Å²) in [6.07, 6.45) is 7.61. The Morgan fingerprint density at radius 1 is 1.57 bits per heavy atom. The number of carboxylic acid groups (broad SMARTS) is 1. The van der Waals surface area contributed by atoms with E-state index in [4.69, 9.17) is 0 Å². The van der Waals surface area contributed by atoms with E-state index >= 15 is 0 Å². The van der Waals surface area contributed by atoms with Crippen LogP contribution in [-0.4, -0.2) is 43.2 Å². The molecular weight excluding hydrogens is 288 g/mol. The van der Waals surface area contributed by atoms with Crippen molar-refractivity contribution >= 4 is 17.7 Å². The lowest BCUT2D eigenvalue weighted by atomic mass is 9.85. The van der Waals surface area contributed by atoms with Gasteiger partial charge in [-0.15, -0.1) is 10.2 Å². The maximum atomic E-state index is 11.8. The van der Waals surface area contributed by atoms with Crippen LogP contribution in [-0.2, 0) is 11.8 Å². The molecule has 0 amide bonds. The number of hydrogen-bond acceptors (Lipinski definition) is 5. The van der Waals surface area contributed by atoms with Gasteiger partial charge in [0, 0.05) is 18.8 Å². The molecule has 1 heterocycles. The lowest BCUT2D eigenvalue weighted by molar-refractivity contribution is -0.146. The summed E-state index contributed by atoms with van der Waals surface area (Å²) in [5.41, 5.74) is -0.693. The van der Waals surface area contributed by atoms with E-state index in [0.29, 0.717) is 6.04 Å². The first-order valence-electron chi connectivity index (χ1n) is 7.60. The summed E-state index contributed by atoms with van der Waals surface area (Å²) in [5.74, 6) is 0.440. The van der Waals surface area contributed by atoms with Crippen LogP contribution >= 0.6 is 11.8 Å². The molecule has 1 aromatic rings. The van der Waals surface area contributed by atoms with Gasteiger partial charge in [0.15, 0.2) is 5.16 Å². The molecule has 0 aliphatic heterocycles. The zero-order valence-electron chi connectivity index (χ0n) is 12.3. The smallest absolute Gasteiger partial charge is 0.324 e. The van der Waals surface area contributed by atoms with Gasteiger partial charge in [-0.05, 0) is 38.0 Å². The number of carboxylic acids is 1. The zero-order chi connectivity index (χ0) is 14.9. The number of aryl methyl sites for hydroxylation is 1. The molecule has 0 bridgehead atoms. The molecule has 6 nitrogen and oxygen atoms in total. The van der Waals surface area contributed by atoms with Gasteiger partial charge in [-0.25, -0.2) is 0 Å². The third-order valence-electron chi connectivity index (χ3n) is 4.61. The van der Waals surface area contributed by atoms with Crippen molar-refractivity contribution in [1.82, 2.24) is 20.1 Å². The van der Waals surface area contributed by atoms with Crippen LogP contribution in [0.1, 0.15) is 38.5 Å². The summed E-state index contributed by atoms with van der Waals surface area (Å²) in [7, 11) is 1.92. The van der Waals surface area contributed by atoms with Crippen molar-refractivity contribution in [3.8, 4) is 0 Å². The molecule has 2 fully saturated rings. The SMILES string of the molecule is Cn1cnnc1SCCC1CCCC1(NC1CC1)C(=O)O. The predicted molar refractivity (Wildman–Crippen MR) is 80.2 cm³/mol. The fraction of sp³-hybridized carbons (Fsp3) is 0.786. The highest BCUT2D eigenvalue weighted by molar-refractivity contribution is 7.99. The number of aliphatic carboxylic acids is 1. The summed E-state index contributed by atoms with van der Waals surface area (Å²) in [6, 6.07) is 0.424. The maximum absolute atomic E-state index is 11.8. The minimum atomic E-state index is -0.693. The molecule has 0 spiro atoms. The highest BCUT2D eigenvalue weighted by Crippen LogP contribution is 2.41. The quantitative estimate of drug-likeness (QED) is 0.746. The predicted octanol–water partition coefficient (Wildman–Crippen LogP) is 1.67. The first-order valence-corrected chi connectivity index (χ1v) is 8.58. The average Bonchev–Trinajstić information content (AvgIpc) is 3.02. The number of nitrogens with one attached hydrogen (secondary N) is 1. The minimum Gasteiger partial charge on any atom is -0.480 e. The second kappa shape index (κ2) is 5.96. The maximum Gasteiger partial charge on any atom is 0.324 e. The number of carbonyl (C=O) groups is 1. The summed E-state index contributed by atoms with van der Waals surface area (Å²) in [4.78, 5) is 11.8. The zero-order valence-corrected chi connectivity index (χ0v) is 13.1. The third kappa shape index (κ3) is 3.08. The van der Waals surface area contributed by atoms with E-state index in [1.165, 1.54) is 0 Å². The van der Waals surface area contributed by atoms with Gasteiger partial charge in [-0.3, -0.25) is 10.1 Å². The van der Waals surface area contributed by atoms with E-state index in [0.717, 1.165) is 49.4 Å². The number of rotatable bonds is 7. The van der Waals surface area contributed by atoms with Crippen molar-refractivity contribution in [2.45, 2.75) is 55.3 Å². The number of aromatic nitrogens is 3. The molecule has 2 atom stereocenters. The van der Waals surface area contributed by atoms with E-state index in [1.807, 2.05) is 11.6 Å². The Bertz CT molecular complexity index is 517. The van der Waals surface area contributed by atoms with Crippen LogP contribution in [0.5, 0.6) is 0 Å². The van der Waals surface area contributed by atoms with Gasteiger partial charge < -0.3 is 9.67 Å². The van der Waals surface area contributed by atoms with Crippen LogP contribution < -0.4 is 5.32 Å². The fourth-order valence-electron chi connectivity index (χ4n) is 3.29. The third-order valence-corrected chi connectivity index (χ3v) is 5.68. The molecule has 2 saturated carbocycles. The van der Waals surface area contributed by atoms with Crippen molar-refractivity contribution in [3.63, 3.8) is 0 Å². The van der Waals surface area contributed by atoms with Crippen LogP contribution in [0.15, 0.2) is 11.5 Å². The van der Waals surface area contributed by atoms with Crippen molar-refractivity contribution in [2.24, 2.45) is 13.0 Å². The monoisotopic (exact) mass is 310 g/mol. The Morgan fingerprint density at radius 2 is 2.38 bits per heavy atom. The highest BCUT2D eigenvalue weighted by atomic mass is 32.2. The Morgan fingerprint density at radius 3 is 3.00 bits per heavy atom. The molecule has 7 heteroatoms. The lowest BCUT2D eigenvalue weighted by Gasteiger charge is -2.32. The minimum absolute atomic E-state index is 0.219. The summed E-state index contributed by atoms with van der Waals surface area (Å²) < 4.78 is 1.90. The van der Waals surface area contributed by atoms with Gasteiger partial charge in [0.2, 0.25) is 0 Å². The molecule has 0 saturated heterocycles. The molecule has 3 rings (SSSR count). The topological polar surface area (TPSA) is 80.0 Å². The molecule has 1 aromatic heterocycles. The molecular formula is C14H22N4O2S. The van der Waals surface area contributed by atoms with Gasteiger partial charge in [0.1, 0.15) is 11.9 Å². The Labute approximate surface area is 128 Å². The van der Waals surface area contributed by atoms with Crippen molar-refractivity contribution in [2.75, 3.05) is 5.75 Å². The largest absolute Gasteiger partial charge is 0.480 e. The number of hydrogen-bond donors (Lipinski definition) is 2. The molecule has 2 aliphatic carbocycles. The van der Waals surface area contributed by atoms with Gasteiger partial charge in [-0.2, -0.15) is 0 Å². The summed E-state index contributed by atoms with van der Waals surface area (Å²) >= 11 is 1.66. The number of nitrogens with zero attached hydrogens (tertiary/aromatic N) is 3. The molecule has 2 unspecified atom stereocenters. The average molecular weight is 310 g/mol. The van der Waals surface area contributed by atoms with Gasteiger partial charge in [0.25, 0.3) is 0 Å². The van der Waals surface area contributed by atoms with Gasteiger partial charge >= 0.3 is 5.97 Å². The fourth-order valence-corrected chi connectivity index (χ4v) is 4.23. The highest BCUT2D eigenvalue weighted by Gasteiger charge is 2.50. The molecule has 2 aliphatic rings.